The van der Waals surface area contributed by atoms with Gasteiger partial charge in [-0.15, -0.1) is 0 Å². The second kappa shape index (κ2) is 5.33. The molecule has 1 atom stereocenters. The van der Waals surface area contributed by atoms with Gasteiger partial charge in [0.1, 0.15) is 11.6 Å². The molecule has 104 valence electrons. The van der Waals surface area contributed by atoms with Crippen molar-refractivity contribution in [3.05, 3.63) is 47.0 Å². The molecular weight excluding hydrogens is 261 g/mol. The molecule has 0 radical (unpaired) electrons. The van der Waals surface area contributed by atoms with E-state index < -0.39 is 17.2 Å². The van der Waals surface area contributed by atoms with Crippen LogP contribution >= 0.6 is 0 Å². The molecule has 2 rings (SSSR count). The average molecular weight is 275 g/mol. The predicted molar refractivity (Wildman–Crippen MR) is 69.2 cm³/mol. The fourth-order valence-electron chi connectivity index (χ4n) is 2.48. The van der Waals surface area contributed by atoms with Gasteiger partial charge in [-0.05, 0) is 24.1 Å². The van der Waals surface area contributed by atoms with Crippen LogP contribution in [-0.4, -0.2) is 18.2 Å². The fraction of sp³-hybridized carbons (Fsp3) is 0.333. The van der Waals surface area contributed by atoms with Crippen LogP contribution in [0.4, 0.5) is 4.39 Å². The molecule has 0 aromatic heterocycles. The fourth-order valence-corrected chi connectivity index (χ4v) is 2.48. The third kappa shape index (κ3) is 2.37. The molecule has 0 spiro atoms. The number of hydrogen-bond donors (Lipinski definition) is 1. The van der Waals surface area contributed by atoms with Crippen LogP contribution < -0.4 is 0 Å². The van der Waals surface area contributed by atoms with E-state index in [1.165, 1.54) is 25.3 Å². The van der Waals surface area contributed by atoms with Crippen molar-refractivity contribution in [2.75, 3.05) is 7.11 Å². The molecule has 0 saturated heterocycles. The predicted octanol–water partition coefficient (Wildman–Crippen LogP) is 2.76. The zero-order valence-electron chi connectivity index (χ0n) is 11.0. The van der Waals surface area contributed by atoms with Gasteiger partial charge < -0.3 is 9.84 Å². The van der Waals surface area contributed by atoms with E-state index in [0.717, 1.165) is 0 Å². The van der Waals surface area contributed by atoms with E-state index in [9.17, 15) is 19.6 Å². The van der Waals surface area contributed by atoms with Crippen LogP contribution in [0.15, 0.2) is 35.6 Å². The third-order valence-electron chi connectivity index (χ3n) is 3.64. The van der Waals surface area contributed by atoms with Gasteiger partial charge in [-0.3, -0.25) is 0 Å². The summed E-state index contributed by atoms with van der Waals surface area (Å²) < 4.78 is 18.0. The Morgan fingerprint density at radius 2 is 2.30 bits per heavy atom. The maximum atomic E-state index is 13.4. The lowest BCUT2D eigenvalue weighted by Gasteiger charge is -2.31. The van der Waals surface area contributed by atoms with Crippen LogP contribution in [0.1, 0.15) is 24.8 Å². The van der Waals surface area contributed by atoms with Crippen LogP contribution in [0.3, 0.4) is 0 Å². The van der Waals surface area contributed by atoms with Crippen molar-refractivity contribution in [2.24, 2.45) is 0 Å². The molecule has 5 heteroatoms. The lowest BCUT2D eigenvalue weighted by atomic mass is 9.70. The van der Waals surface area contributed by atoms with E-state index in [1.54, 1.807) is 6.07 Å². The van der Waals surface area contributed by atoms with Crippen molar-refractivity contribution < 1.29 is 19.0 Å². The van der Waals surface area contributed by atoms with Crippen molar-refractivity contribution in [3.63, 3.8) is 0 Å². The molecule has 1 N–H and O–H groups in total. The van der Waals surface area contributed by atoms with Gasteiger partial charge in [-0.1, -0.05) is 12.1 Å². The smallest absolute Gasteiger partial charge is 0.337 e. The highest BCUT2D eigenvalue weighted by atomic mass is 19.1. The summed E-state index contributed by atoms with van der Waals surface area (Å²) in [5.74, 6) is -1.15. The quantitative estimate of drug-likeness (QED) is 0.842. The van der Waals surface area contributed by atoms with Crippen molar-refractivity contribution in [2.45, 2.75) is 24.7 Å². The van der Waals surface area contributed by atoms with Crippen molar-refractivity contribution in [3.8, 4) is 6.07 Å². The van der Waals surface area contributed by atoms with Crippen LogP contribution in [-0.2, 0) is 14.9 Å². The van der Waals surface area contributed by atoms with Crippen molar-refractivity contribution >= 4 is 5.97 Å². The van der Waals surface area contributed by atoms with Gasteiger partial charge in [0.05, 0.1) is 24.2 Å². The second-order valence-electron chi connectivity index (χ2n) is 4.80. The Kier molecular flexibility index (Phi) is 3.75. The van der Waals surface area contributed by atoms with E-state index in [1.807, 2.05) is 0 Å². The molecule has 1 aliphatic rings. The molecular formula is C15H14FNO3. The maximum absolute atomic E-state index is 13.4. The van der Waals surface area contributed by atoms with Crippen molar-refractivity contribution in [1.82, 2.24) is 0 Å². The Hall–Kier alpha value is -2.35. The van der Waals surface area contributed by atoms with Crippen LogP contribution in [0.2, 0.25) is 0 Å². The number of halogens is 1. The normalized spacial score (nSPS) is 22.2. The Morgan fingerprint density at radius 3 is 2.90 bits per heavy atom. The topological polar surface area (TPSA) is 70.3 Å². The highest BCUT2D eigenvalue weighted by Crippen LogP contribution is 2.41. The van der Waals surface area contributed by atoms with E-state index in [2.05, 4.69) is 10.8 Å². The SMILES string of the molecule is COC(=O)C1=C(O)CCC(C#N)(c2cccc(F)c2)C1. The summed E-state index contributed by atoms with van der Waals surface area (Å²) in [5.41, 5.74) is -0.420. The number of benzene rings is 1. The number of rotatable bonds is 2. The number of nitriles is 1. The summed E-state index contributed by atoms with van der Waals surface area (Å²) >= 11 is 0. The number of carbonyl (C=O) groups excluding carboxylic acids is 1. The molecule has 0 aliphatic heterocycles. The number of nitrogens with zero attached hydrogens (tertiary/aromatic N) is 1. The number of ether oxygens (including phenoxy) is 1. The summed E-state index contributed by atoms with van der Waals surface area (Å²) in [6, 6.07) is 7.94. The molecule has 0 heterocycles. The van der Waals surface area contributed by atoms with Gasteiger partial charge in [-0.2, -0.15) is 5.26 Å². The van der Waals surface area contributed by atoms with Crippen LogP contribution in [0.5, 0.6) is 0 Å². The maximum Gasteiger partial charge on any atom is 0.337 e. The molecule has 1 unspecified atom stereocenters. The molecule has 0 saturated carbocycles. The number of aliphatic hydroxyl groups excluding tert-OH is 1. The Bertz CT molecular complexity index is 618. The first-order chi connectivity index (χ1) is 9.52. The highest BCUT2D eigenvalue weighted by Gasteiger charge is 2.40. The Morgan fingerprint density at radius 1 is 1.55 bits per heavy atom. The van der Waals surface area contributed by atoms with E-state index in [4.69, 9.17) is 0 Å². The summed E-state index contributed by atoms with van der Waals surface area (Å²) in [7, 11) is 1.22. The number of carbonyl (C=O) groups is 1. The zero-order chi connectivity index (χ0) is 14.8. The van der Waals surface area contributed by atoms with Gasteiger partial charge >= 0.3 is 5.97 Å². The molecule has 1 aromatic rings. The molecule has 1 aromatic carbocycles. The van der Waals surface area contributed by atoms with Crippen LogP contribution in [0, 0.1) is 17.1 Å². The molecule has 20 heavy (non-hydrogen) atoms. The summed E-state index contributed by atoms with van der Waals surface area (Å²) in [5, 5.41) is 19.3. The largest absolute Gasteiger partial charge is 0.512 e. The third-order valence-corrected chi connectivity index (χ3v) is 3.64. The number of aliphatic hydroxyl groups is 1. The minimum Gasteiger partial charge on any atom is -0.512 e. The number of esters is 1. The van der Waals surface area contributed by atoms with Crippen molar-refractivity contribution in [1.29, 1.82) is 5.26 Å². The molecule has 0 bridgehead atoms. The van der Waals surface area contributed by atoms with Gasteiger partial charge in [0.2, 0.25) is 0 Å². The molecule has 0 amide bonds. The summed E-state index contributed by atoms with van der Waals surface area (Å²) in [6.07, 6.45) is 0.541. The monoisotopic (exact) mass is 275 g/mol. The minimum absolute atomic E-state index is 0.0193. The number of allylic oxidation sites excluding steroid dienone is 1. The lowest BCUT2D eigenvalue weighted by Crippen LogP contribution is -2.31. The number of methoxy groups -OCH3 is 1. The van der Waals surface area contributed by atoms with Gasteiger partial charge in [-0.25, -0.2) is 9.18 Å². The lowest BCUT2D eigenvalue weighted by molar-refractivity contribution is -0.136. The minimum atomic E-state index is -1.02. The number of hydrogen-bond acceptors (Lipinski definition) is 4. The van der Waals surface area contributed by atoms with Crippen LogP contribution in [0.25, 0.3) is 0 Å². The van der Waals surface area contributed by atoms with Gasteiger partial charge in [0.25, 0.3) is 0 Å². The standard InChI is InChI=1S/C15H14FNO3/c1-20-14(19)12-8-15(9-17,6-5-13(12)18)10-3-2-4-11(16)7-10/h2-4,7,18H,5-6,8H2,1H3. The zero-order valence-corrected chi connectivity index (χ0v) is 11.0. The molecule has 0 fully saturated rings. The Labute approximate surface area is 116 Å². The Balaban J connectivity index is 2.45. The van der Waals surface area contributed by atoms with Gasteiger partial charge in [0, 0.05) is 12.8 Å². The van der Waals surface area contributed by atoms with E-state index >= 15 is 0 Å². The average Bonchev–Trinajstić information content (AvgIpc) is 2.47. The summed E-state index contributed by atoms with van der Waals surface area (Å²) in [4.78, 5) is 11.7. The second-order valence-corrected chi connectivity index (χ2v) is 4.80. The summed E-state index contributed by atoms with van der Waals surface area (Å²) in [6.45, 7) is 0. The first kappa shape index (κ1) is 14.1. The van der Waals surface area contributed by atoms with E-state index in [0.29, 0.717) is 12.0 Å². The first-order valence-corrected chi connectivity index (χ1v) is 6.19. The van der Waals surface area contributed by atoms with Gasteiger partial charge in [0.15, 0.2) is 0 Å². The van der Waals surface area contributed by atoms with E-state index in [-0.39, 0.29) is 24.2 Å². The highest BCUT2D eigenvalue weighted by molar-refractivity contribution is 5.89. The molecule has 1 aliphatic carbocycles. The molecule has 4 nitrogen and oxygen atoms in total. The first-order valence-electron chi connectivity index (χ1n) is 6.19.